The predicted molar refractivity (Wildman–Crippen MR) is 70.2 cm³/mol. The average Bonchev–Trinajstić information content (AvgIpc) is 2.11. The van der Waals surface area contributed by atoms with E-state index in [4.69, 9.17) is 34.0 Å². The molecule has 18 heavy (non-hydrogen) atoms. The fourth-order valence-electron chi connectivity index (χ4n) is 1.83. The number of halogens is 2. The highest BCUT2D eigenvalue weighted by Crippen LogP contribution is 2.32. The maximum Gasteiger partial charge on any atom is 0.244 e. The van der Waals surface area contributed by atoms with Crippen molar-refractivity contribution in [1.29, 1.82) is 0 Å². The van der Waals surface area contributed by atoms with Crippen LogP contribution in [0.15, 0.2) is 17.0 Å². The van der Waals surface area contributed by atoms with E-state index >= 15 is 0 Å². The molecule has 4 N–H and O–H groups in total. The standard InChI is InChI=1S/C10H12Cl2N2O3S/c11-5-1-8(12)10(9(13)2-5)18(16,17)14-6-3-7(15)4-6/h1-2,6-7,14-15H,3-4,13H2. The highest BCUT2D eigenvalue weighted by molar-refractivity contribution is 7.89. The molecule has 0 amide bonds. The molecule has 1 aromatic carbocycles. The third kappa shape index (κ3) is 2.73. The number of hydrogen-bond acceptors (Lipinski definition) is 4. The maximum atomic E-state index is 12.1. The maximum absolute atomic E-state index is 12.1. The van der Waals surface area contributed by atoms with Gasteiger partial charge in [0, 0.05) is 11.1 Å². The normalized spacial score (nSPS) is 23.7. The first-order chi connectivity index (χ1) is 8.29. The summed E-state index contributed by atoms with van der Waals surface area (Å²) in [6.07, 6.45) is 0.338. The Bertz CT molecular complexity index is 547. The summed E-state index contributed by atoms with van der Waals surface area (Å²) in [5.41, 5.74) is 5.63. The van der Waals surface area contributed by atoms with Crippen LogP contribution in [-0.4, -0.2) is 25.7 Å². The lowest BCUT2D eigenvalue weighted by atomic mass is 9.91. The van der Waals surface area contributed by atoms with Crippen molar-refractivity contribution in [1.82, 2.24) is 4.72 Å². The lowest BCUT2D eigenvalue weighted by Crippen LogP contribution is -2.46. The van der Waals surface area contributed by atoms with E-state index in [0.29, 0.717) is 12.8 Å². The first kappa shape index (κ1) is 13.9. The summed E-state index contributed by atoms with van der Waals surface area (Å²) < 4.78 is 26.6. The van der Waals surface area contributed by atoms with Crippen molar-refractivity contribution >= 4 is 38.9 Å². The van der Waals surface area contributed by atoms with Gasteiger partial charge < -0.3 is 10.8 Å². The van der Waals surface area contributed by atoms with E-state index in [2.05, 4.69) is 4.72 Å². The topological polar surface area (TPSA) is 92.4 Å². The zero-order valence-electron chi connectivity index (χ0n) is 9.23. The minimum absolute atomic E-state index is 0.000119. The van der Waals surface area contributed by atoms with Crippen molar-refractivity contribution < 1.29 is 13.5 Å². The van der Waals surface area contributed by atoms with Crippen LogP contribution in [0, 0.1) is 0 Å². The van der Waals surface area contributed by atoms with Crippen molar-refractivity contribution in [3.05, 3.63) is 22.2 Å². The van der Waals surface area contributed by atoms with Crippen molar-refractivity contribution in [2.24, 2.45) is 0 Å². The number of benzene rings is 1. The van der Waals surface area contributed by atoms with Gasteiger partial charge in [-0.25, -0.2) is 13.1 Å². The van der Waals surface area contributed by atoms with E-state index in [9.17, 15) is 8.42 Å². The van der Waals surface area contributed by atoms with Crippen molar-refractivity contribution in [2.45, 2.75) is 29.9 Å². The molecular formula is C10H12Cl2N2O3S. The molecule has 1 fully saturated rings. The van der Waals surface area contributed by atoms with Crippen molar-refractivity contribution in [3.8, 4) is 0 Å². The van der Waals surface area contributed by atoms with Crippen LogP contribution in [0.25, 0.3) is 0 Å². The molecule has 5 nitrogen and oxygen atoms in total. The van der Waals surface area contributed by atoms with E-state index in [1.165, 1.54) is 12.1 Å². The summed E-state index contributed by atoms with van der Waals surface area (Å²) in [7, 11) is -3.80. The van der Waals surface area contributed by atoms with Crippen LogP contribution in [0.4, 0.5) is 5.69 Å². The Labute approximate surface area is 115 Å². The number of nitrogen functional groups attached to an aromatic ring is 1. The van der Waals surface area contributed by atoms with Crippen LogP contribution in [0.5, 0.6) is 0 Å². The number of anilines is 1. The van der Waals surface area contributed by atoms with Crippen LogP contribution in [-0.2, 0) is 10.0 Å². The molecule has 0 radical (unpaired) electrons. The summed E-state index contributed by atoms with van der Waals surface area (Å²) in [6.45, 7) is 0. The van der Waals surface area contributed by atoms with E-state index < -0.39 is 16.1 Å². The van der Waals surface area contributed by atoms with E-state index in [1.807, 2.05) is 0 Å². The van der Waals surface area contributed by atoms with Crippen LogP contribution < -0.4 is 10.5 Å². The van der Waals surface area contributed by atoms with Gasteiger partial charge in [0.25, 0.3) is 0 Å². The van der Waals surface area contributed by atoms with Gasteiger partial charge in [-0.1, -0.05) is 23.2 Å². The molecular weight excluding hydrogens is 299 g/mol. The van der Waals surface area contributed by atoms with Crippen molar-refractivity contribution in [2.75, 3.05) is 5.73 Å². The summed E-state index contributed by atoms with van der Waals surface area (Å²) in [5, 5.41) is 9.38. The Morgan fingerprint density at radius 3 is 2.44 bits per heavy atom. The molecule has 0 aromatic heterocycles. The molecule has 1 aliphatic rings. The highest BCUT2D eigenvalue weighted by atomic mass is 35.5. The van der Waals surface area contributed by atoms with Gasteiger partial charge in [0.05, 0.1) is 16.8 Å². The molecule has 0 spiro atoms. The van der Waals surface area contributed by atoms with E-state index in [-0.39, 0.29) is 26.7 Å². The van der Waals surface area contributed by atoms with Gasteiger partial charge >= 0.3 is 0 Å². The molecule has 0 bridgehead atoms. The fraction of sp³-hybridized carbons (Fsp3) is 0.400. The molecule has 8 heteroatoms. The third-order valence-electron chi connectivity index (χ3n) is 2.74. The van der Waals surface area contributed by atoms with Gasteiger partial charge in [0.2, 0.25) is 10.0 Å². The molecule has 0 heterocycles. The largest absolute Gasteiger partial charge is 0.398 e. The van der Waals surface area contributed by atoms with Gasteiger partial charge in [0.15, 0.2) is 0 Å². The first-order valence-electron chi connectivity index (χ1n) is 5.24. The van der Waals surface area contributed by atoms with E-state index in [0.717, 1.165) is 0 Å². The van der Waals surface area contributed by atoms with Gasteiger partial charge in [-0.2, -0.15) is 0 Å². The van der Waals surface area contributed by atoms with Crippen LogP contribution in [0.2, 0.25) is 10.0 Å². The molecule has 0 atom stereocenters. The Morgan fingerprint density at radius 2 is 1.94 bits per heavy atom. The number of sulfonamides is 1. The molecule has 1 saturated carbocycles. The lowest BCUT2D eigenvalue weighted by Gasteiger charge is -2.31. The minimum atomic E-state index is -3.80. The predicted octanol–water partition coefficient (Wildman–Crippen LogP) is 1.38. The minimum Gasteiger partial charge on any atom is -0.398 e. The second-order valence-electron chi connectivity index (χ2n) is 4.25. The number of aliphatic hydroxyl groups is 1. The fourth-order valence-corrected chi connectivity index (χ4v) is 4.07. The molecule has 2 rings (SSSR count). The number of hydrogen-bond donors (Lipinski definition) is 3. The van der Waals surface area contributed by atoms with Crippen LogP contribution in [0.1, 0.15) is 12.8 Å². The zero-order valence-corrected chi connectivity index (χ0v) is 11.6. The monoisotopic (exact) mass is 310 g/mol. The summed E-state index contributed by atoms with van der Waals surface area (Å²) in [6, 6.07) is 2.37. The quantitative estimate of drug-likeness (QED) is 0.735. The second kappa shape index (κ2) is 4.86. The Kier molecular flexibility index (Phi) is 3.75. The first-order valence-corrected chi connectivity index (χ1v) is 7.48. The molecule has 0 aliphatic heterocycles. The number of aliphatic hydroxyl groups excluding tert-OH is 1. The molecule has 0 unspecified atom stereocenters. The Morgan fingerprint density at radius 1 is 1.33 bits per heavy atom. The lowest BCUT2D eigenvalue weighted by molar-refractivity contribution is 0.0712. The van der Waals surface area contributed by atoms with E-state index in [1.54, 1.807) is 0 Å². The summed E-state index contributed by atoms with van der Waals surface area (Å²) >= 11 is 11.6. The summed E-state index contributed by atoms with van der Waals surface area (Å²) in [4.78, 5) is -0.171. The Balaban J connectivity index is 2.30. The molecule has 100 valence electrons. The third-order valence-corrected chi connectivity index (χ3v) is 5.01. The number of nitrogens with one attached hydrogen (secondary N) is 1. The van der Waals surface area contributed by atoms with Crippen molar-refractivity contribution in [3.63, 3.8) is 0 Å². The Hall–Kier alpha value is -0.530. The molecule has 1 aliphatic carbocycles. The van der Waals surface area contributed by atoms with Crippen LogP contribution in [0.3, 0.4) is 0 Å². The number of nitrogens with two attached hydrogens (primary N) is 1. The summed E-state index contributed by atoms with van der Waals surface area (Å²) in [5.74, 6) is 0. The van der Waals surface area contributed by atoms with Crippen LogP contribution >= 0.6 is 23.2 Å². The average molecular weight is 311 g/mol. The zero-order chi connectivity index (χ0) is 13.5. The smallest absolute Gasteiger partial charge is 0.244 e. The molecule has 0 saturated heterocycles. The van der Waals surface area contributed by atoms with Gasteiger partial charge in [-0.3, -0.25) is 0 Å². The van der Waals surface area contributed by atoms with Gasteiger partial charge in [0.1, 0.15) is 4.90 Å². The van der Waals surface area contributed by atoms with Gasteiger partial charge in [-0.05, 0) is 25.0 Å². The second-order valence-corrected chi connectivity index (χ2v) is 6.74. The number of rotatable bonds is 3. The van der Waals surface area contributed by atoms with Gasteiger partial charge in [-0.15, -0.1) is 0 Å². The molecule has 1 aromatic rings. The highest BCUT2D eigenvalue weighted by Gasteiger charge is 2.33. The SMILES string of the molecule is Nc1cc(Cl)cc(Cl)c1S(=O)(=O)NC1CC(O)C1.